The zero-order valence-electron chi connectivity index (χ0n) is 13.9. The number of hydrogen-bond acceptors (Lipinski definition) is 2. The number of likely N-dealkylation sites (tertiary alicyclic amines) is 1. The Labute approximate surface area is 136 Å². The Balaban J connectivity index is 1.73. The number of piperidine rings is 1. The lowest BCUT2D eigenvalue weighted by molar-refractivity contribution is -0.132. The first kappa shape index (κ1) is 15.8. The summed E-state index contributed by atoms with van der Waals surface area (Å²) in [5.41, 5.74) is 2.56. The number of aromatic amines is 1. The van der Waals surface area contributed by atoms with Crippen LogP contribution in [-0.4, -0.2) is 28.9 Å². The molecule has 1 unspecified atom stereocenters. The van der Waals surface area contributed by atoms with Gasteiger partial charge in [0, 0.05) is 25.1 Å². The number of benzene rings is 1. The van der Waals surface area contributed by atoms with E-state index in [2.05, 4.69) is 11.9 Å². The van der Waals surface area contributed by atoms with Crippen molar-refractivity contribution in [3.05, 3.63) is 45.7 Å². The van der Waals surface area contributed by atoms with E-state index in [-0.39, 0.29) is 11.5 Å². The van der Waals surface area contributed by atoms with Gasteiger partial charge >= 0.3 is 0 Å². The summed E-state index contributed by atoms with van der Waals surface area (Å²) in [6, 6.07) is 7.89. The van der Waals surface area contributed by atoms with E-state index >= 15 is 0 Å². The van der Waals surface area contributed by atoms with Gasteiger partial charge in [-0.2, -0.15) is 0 Å². The van der Waals surface area contributed by atoms with Crippen LogP contribution in [0.2, 0.25) is 0 Å². The lowest BCUT2D eigenvalue weighted by Gasteiger charge is -2.31. The standard InChI is InChI=1S/C19H24N2O2/c1-13-5-4-10-21(12-13)17(22)9-8-16-11-15-7-3-6-14(2)18(15)20-19(16)23/h3,6-7,11,13H,4-5,8-10,12H2,1-2H3,(H,20,23). The van der Waals surface area contributed by atoms with E-state index in [9.17, 15) is 9.59 Å². The second-order valence-corrected chi connectivity index (χ2v) is 6.75. The van der Waals surface area contributed by atoms with Gasteiger partial charge in [-0.25, -0.2) is 0 Å². The lowest BCUT2D eigenvalue weighted by Crippen LogP contribution is -2.39. The Kier molecular flexibility index (Phi) is 4.51. The molecular formula is C19H24N2O2. The fraction of sp³-hybridized carbons (Fsp3) is 0.474. The Morgan fingerprint density at radius 1 is 1.39 bits per heavy atom. The lowest BCUT2D eigenvalue weighted by atomic mass is 9.99. The Bertz CT molecular complexity index is 779. The quantitative estimate of drug-likeness (QED) is 0.947. The van der Waals surface area contributed by atoms with Crippen molar-refractivity contribution in [2.24, 2.45) is 5.92 Å². The molecule has 0 aliphatic carbocycles. The average Bonchev–Trinajstić information content (AvgIpc) is 2.53. The molecule has 1 aliphatic heterocycles. The predicted octanol–water partition coefficient (Wildman–Crippen LogP) is 3.03. The summed E-state index contributed by atoms with van der Waals surface area (Å²) in [6.45, 7) is 5.89. The summed E-state index contributed by atoms with van der Waals surface area (Å²) in [5, 5.41) is 1.03. The van der Waals surface area contributed by atoms with E-state index in [0.717, 1.165) is 36.0 Å². The largest absolute Gasteiger partial charge is 0.342 e. The minimum Gasteiger partial charge on any atom is -0.342 e. The van der Waals surface area contributed by atoms with Crippen molar-refractivity contribution in [2.45, 2.75) is 39.5 Å². The molecule has 1 atom stereocenters. The predicted molar refractivity (Wildman–Crippen MR) is 92.6 cm³/mol. The molecule has 1 amide bonds. The Morgan fingerprint density at radius 2 is 2.22 bits per heavy atom. The molecule has 0 saturated carbocycles. The number of nitrogens with one attached hydrogen (secondary N) is 1. The number of carbonyl (C=O) groups is 1. The highest BCUT2D eigenvalue weighted by Crippen LogP contribution is 2.18. The fourth-order valence-corrected chi connectivity index (χ4v) is 3.43. The summed E-state index contributed by atoms with van der Waals surface area (Å²) in [4.78, 5) is 29.5. The van der Waals surface area contributed by atoms with Crippen molar-refractivity contribution in [2.75, 3.05) is 13.1 Å². The fourth-order valence-electron chi connectivity index (χ4n) is 3.43. The maximum Gasteiger partial charge on any atom is 0.251 e. The van der Waals surface area contributed by atoms with Gasteiger partial charge in [0.05, 0.1) is 5.52 Å². The molecule has 1 aliphatic rings. The number of fused-ring (bicyclic) bond motifs is 1. The molecule has 2 aromatic rings. The Hall–Kier alpha value is -2.10. The Morgan fingerprint density at radius 3 is 3.00 bits per heavy atom. The van der Waals surface area contributed by atoms with Gasteiger partial charge in [0.15, 0.2) is 0 Å². The van der Waals surface area contributed by atoms with Crippen LogP contribution in [0.4, 0.5) is 0 Å². The summed E-state index contributed by atoms with van der Waals surface area (Å²) in [6.07, 6.45) is 3.20. The van der Waals surface area contributed by atoms with Crippen LogP contribution in [-0.2, 0) is 11.2 Å². The van der Waals surface area contributed by atoms with Crippen molar-refractivity contribution in [1.29, 1.82) is 0 Å². The van der Waals surface area contributed by atoms with Crippen molar-refractivity contribution < 1.29 is 4.79 Å². The van der Waals surface area contributed by atoms with Crippen molar-refractivity contribution in [3.63, 3.8) is 0 Å². The van der Waals surface area contributed by atoms with E-state index in [4.69, 9.17) is 0 Å². The average molecular weight is 312 g/mol. The molecule has 3 rings (SSSR count). The number of hydrogen-bond donors (Lipinski definition) is 1. The molecule has 2 heterocycles. The summed E-state index contributed by atoms with van der Waals surface area (Å²) in [7, 11) is 0. The van der Waals surface area contributed by atoms with Gasteiger partial charge in [0.25, 0.3) is 5.56 Å². The van der Waals surface area contributed by atoms with Crippen LogP contribution in [0.3, 0.4) is 0 Å². The van der Waals surface area contributed by atoms with Gasteiger partial charge < -0.3 is 9.88 Å². The number of nitrogens with zero attached hydrogens (tertiary/aromatic N) is 1. The third-order valence-electron chi connectivity index (χ3n) is 4.78. The third-order valence-corrected chi connectivity index (χ3v) is 4.78. The molecule has 4 heteroatoms. The molecule has 0 bridgehead atoms. The molecule has 1 aromatic carbocycles. The first-order valence-corrected chi connectivity index (χ1v) is 8.44. The van der Waals surface area contributed by atoms with Gasteiger partial charge in [-0.05, 0) is 49.1 Å². The summed E-state index contributed by atoms with van der Waals surface area (Å²) in [5.74, 6) is 0.750. The van der Waals surface area contributed by atoms with Crippen LogP contribution in [0, 0.1) is 12.8 Å². The molecule has 1 N–H and O–H groups in total. The van der Waals surface area contributed by atoms with Gasteiger partial charge in [0.1, 0.15) is 0 Å². The highest BCUT2D eigenvalue weighted by Gasteiger charge is 2.20. The number of rotatable bonds is 3. The second-order valence-electron chi connectivity index (χ2n) is 6.75. The molecule has 1 fully saturated rings. The monoisotopic (exact) mass is 312 g/mol. The van der Waals surface area contributed by atoms with Crippen LogP contribution in [0.25, 0.3) is 10.9 Å². The van der Waals surface area contributed by atoms with E-state index in [1.807, 2.05) is 36.1 Å². The van der Waals surface area contributed by atoms with Crippen LogP contribution >= 0.6 is 0 Å². The van der Waals surface area contributed by atoms with Gasteiger partial charge in [-0.15, -0.1) is 0 Å². The molecule has 122 valence electrons. The van der Waals surface area contributed by atoms with Crippen LogP contribution < -0.4 is 5.56 Å². The number of H-pyrrole nitrogens is 1. The van der Waals surface area contributed by atoms with E-state index in [1.54, 1.807) is 0 Å². The molecule has 0 spiro atoms. The molecule has 0 radical (unpaired) electrons. The molecular weight excluding hydrogens is 288 g/mol. The van der Waals surface area contributed by atoms with Gasteiger partial charge in [0.2, 0.25) is 5.91 Å². The minimum atomic E-state index is -0.0772. The number of pyridine rings is 1. The van der Waals surface area contributed by atoms with E-state index in [0.29, 0.717) is 24.3 Å². The van der Waals surface area contributed by atoms with E-state index in [1.165, 1.54) is 6.42 Å². The number of aromatic nitrogens is 1. The number of amides is 1. The maximum absolute atomic E-state index is 12.4. The molecule has 4 nitrogen and oxygen atoms in total. The highest BCUT2D eigenvalue weighted by atomic mass is 16.2. The minimum absolute atomic E-state index is 0.0772. The number of aryl methyl sites for hydroxylation is 2. The van der Waals surface area contributed by atoms with E-state index < -0.39 is 0 Å². The van der Waals surface area contributed by atoms with Crippen LogP contribution in [0.15, 0.2) is 29.1 Å². The number of para-hydroxylation sites is 1. The topological polar surface area (TPSA) is 53.2 Å². The second kappa shape index (κ2) is 6.57. The first-order chi connectivity index (χ1) is 11.0. The smallest absolute Gasteiger partial charge is 0.251 e. The number of carbonyl (C=O) groups excluding carboxylic acids is 1. The molecule has 23 heavy (non-hydrogen) atoms. The summed E-state index contributed by atoms with van der Waals surface area (Å²) < 4.78 is 0. The van der Waals surface area contributed by atoms with Crippen molar-refractivity contribution >= 4 is 16.8 Å². The summed E-state index contributed by atoms with van der Waals surface area (Å²) >= 11 is 0. The zero-order chi connectivity index (χ0) is 16.4. The van der Waals surface area contributed by atoms with Gasteiger partial charge in [-0.1, -0.05) is 25.1 Å². The normalized spacial score (nSPS) is 18.3. The van der Waals surface area contributed by atoms with Crippen molar-refractivity contribution in [1.82, 2.24) is 9.88 Å². The zero-order valence-corrected chi connectivity index (χ0v) is 13.9. The van der Waals surface area contributed by atoms with Crippen molar-refractivity contribution in [3.8, 4) is 0 Å². The van der Waals surface area contributed by atoms with Crippen LogP contribution in [0.5, 0.6) is 0 Å². The molecule has 1 saturated heterocycles. The molecule has 1 aromatic heterocycles. The first-order valence-electron chi connectivity index (χ1n) is 8.44. The maximum atomic E-state index is 12.4. The SMILES string of the molecule is Cc1cccc2cc(CCC(=O)N3CCCC(C)C3)c(=O)[nH]c12. The highest BCUT2D eigenvalue weighted by molar-refractivity contribution is 5.82. The third kappa shape index (κ3) is 3.46. The van der Waals surface area contributed by atoms with Crippen LogP contribution in [0.1, 0.15) is 37.3 Å². The van der Waals surface area contributed by atoms with Gasteiger partial charge in [-0.3, -0.25) is 9.59 Å².